The first-order valence-electron chi connectivity index (χ1n) is 6.57. The van der Waals surface area contributed by atoms with Gasteiger partial charge in [0, 0.05) is 39.3 Å². The highest BCUT2D eigenvalue weighted by molar-refractivity contribution is 4.87. The number of methoxy groups -OCH3 is 1. The average molecular weight is 226 g/mol. The summed E-state index contributed by atoms with van der Waals surface area (Å²) in [7, 11) is 1.83. The number of rotatable bonds is 6. The molecule has 0 spiro atoms. The zero-order valence-electron chi connectivity index (χ0n) is 11.0. The molecule has 2 fully saturated rings. The first kappa shape index (κ1) is 12.3. The molecule has 1 heterocycles. The van der Waals surface area contributed by atoms with E-state index >= 15 is 0 Å². The van der Waals surface area contributed by atoms with Crippen molar-refractivity contribution in [1.82, 2.24) is 10.2 Å². The van der Waals surface area contributed by atoms with Gasteiger partial charge in [0.1, 0.15) is 0 Å². The normalized spacial score (nSPS) is 27.6. The summed E-state index contributed by atoms with van der Waals surface area (Å²) in [6.07, 6.45) is 4.42. The van der Waals surface area contributed by atoms with E-state index in [0.29, 0.717) is 11.5 Å². The van der Waals surface area contributed by atoms with Crippen molar-refractivity contribution in [3.63, 3.8) is 0 Å². The van der Waals surface area contributed by atoms with Crippen LogP contribution in [0.25, 0.3) is 0 Å². The van der Waals surface area contributed by atoms with Crippen molar-refractivity contribution < 1.29 is 4.74 Å². The molecule has 0 aromatic carbocycles. The van der Waals surface area contributed by atoms with Crippen LogP contribution in [0.5, 0.6) is 0 Å². The van der Waals surface area contributed by atoms with E-state index in [1.54, 1.807) is 0 Å². The van der Waals surface area contributed by atoms with Gasteiger partial charge in [-0.2, -0.15) is 0 Å². The highest BCUT2D eigenvalue weighted by atomic mass is 16.5. The number of likely N-dealkylation sites (tertiary alicyclic amines) is 1. The Kier molecular flexibility index (Phi) is 3.88. The van der Waals surface area contributed by atoms with Crippen molar-refractivity contribution in [1.29, 1.82) is 0 Å². The Bertz CT molecular complexity index is 226. The molecule has 1 atom stereocenters. The van der Waals surface area contributed by atoms with Gasteiger partial charge in [0.25, 0.3) is 0 Å². The van der Waals surface area contributed by atoms with Crippen molar-refractivity contribution in [3.05, 3.63) is 0 Å². The Hall–Kier alpha value is -0.120. The first-order chi connectivity index (χ1) is 7.59. The van der Waals surface area contributed by atoms with Crippen LogP contribution in [0.1, 0.15) is 33.1 Å². The van der Waals surface area contributed by atoms with E-state index < -0.39 is 0 Å². The van der Waals surface area contributed by atoms with E-state index in [1.807, 2.05) is 7.11 Å². The Labute approximate surface area is 99.5 Å². The molecule has 2 aliphatic rings. The molecule has 3 heteroatoms. The molecule has 1 saturated heterocycles. The molecule has 16 heavy (non-hydrogen) atoms. The van der Waals surface area contributed by atoms with Crippen LogP contribution < -0.4 is 5.32 Å². The minimum atomic E-state index is 0.380. The van der Waals surface area contributed by atoms with Gasteiger partial charge in [-0.05, 0) is 24.7 Å². The second-order valence-corrected chi connectivity index (χ2v) is 6.20. The molecule has 0 radical (unpaired) electrons. The van der Waals surface area contributed by atoms with E-state index in [1.165, 1.54) is 32.4 Å². The number of nitrogens with one attached hydrogen (secondary N) is 1. The molecular weight excluding hydrogens is 200 g/mol. The first-order valence-corrected chi connectivity index (χ1v) is 6.57. The highest BCUT2D eigenvalue weighted by Gasteiger charge is 2.29. The predicted octanol–water partition coefficient (Wildman–Crippen LogP) is 1.49. The summed E-state index contributed by atoms with van der Waals surface area (Å²) in [4.78, 5) is 2.54. The van der Waals surface area contributed by atoms with E-state index in [-0.39, 0.29) is 0 Å². The van der Waals surface area contributed by atoms with Crippen LogP contribution in [0.3, 0.4) is 0 Å². The van der Waals surface area contributed by atoms with Crippen LogP contribution >= 0.6 is 0 Å². The lowest BCUT2D eigenvalue weighted by Gasteiger charge is -2.30. The van der Waals surface area contributed by atoms with Crippen molar-refractivity contribution in [2.75, 3.05) is 33.3 Å². The number of ether oxygens (including phenoxy) is 1. The fraction of sp³-hybridized carbons (Fsp3) is 1.00. The van der Waals surface area contributed by atoms with Crippen LogP contribution in [0.2, 0.25) is 0 Å². The summed E-state index contributed by atoms with van der Waals surface area (Å²) in [5.41, 5.74) is 0.380. The standard InChI is InChI=1S/C13H26N2O/c1-13(2,9-14-11-4-5-11)10-15-7-6-12(8-15)16-3/h11-12,14H,4-10H2,1-3H3. The minimum absolute atomic E-state index is 0.380. The van der Waals surface area contributed by atoms with Gasteiger partial charge in [0.05, 0.1) is 6.10 Å². The van der Waals surface area contributed by atoms with Crippen LogP contribution in [-0.4, -0.2) is 50.3 Å². The van der Waals surface area contributed by atoms with E-state index in [4.69, 9.17) is 4.74 Å². The molecule has 94 valence electrons. The molecule has 1 saturated carbocycles. The third-order valence-electron chi connectivity index (χ3n) is 3.66. The van der Waals surface area contributed by atoms with Crippen molar-refractivity contribution in [2.24, 2.45) is 5.41 Å². The number of nitrogens with zero attached hydrogens (tertiary/aromatic N) is 1. The SMILES string of the molecule is COC1CCN(CC(C)(C)CNC2CC2)C1. The number of hydrogen-bond acceptors (Lipinski definition) is 3. The monoisotopic (exact) mass is 226 g/mol. The maximum absolute atomic E-state index is 5.41. The third-order valence-corrected chi connectivity index (χ3v) is 3.66. The molecular formula is C13H26N2O. The Balaban J connectivity index is 1.69. The second-order valence-electron chi connectivity index (χ2n) is 6.20. The van der Waals surface area contributed by atoms with Crippen LogP contribution in [0, 0.1) is 5.41 Å². The Morgan fingerprint density at radius 1 is 1.31 bits per heavy atom. The van der Waals surface area contributed by atoms with Gasteiger partial charge in [0.2, 0.25) is 0 Å². The van der Waals surface area contributed by atoms with Gasteiger partial charge in [-0.3, -0.25) is 0 Å². The lowest BCUT2D eigenvalue weighted by molar-refractivity contribution is 0.101. The van der Waals surface area contributed by atoms with Crippen molar-refractivity contribution >= 4 is 0 Å². The van der Waals surface area contributed by atoms with Crippen LogP contribution in [-0.2, 0) is 4.74 Å². The zero-order valence-corrected chi connectivity index (χ0v) is 11.0. The molecule has 3 nitrogen and oxygen atoms in total. The van der Waals surface area contributed by atoms with E-state index in [9.17, 15) is 0 Å². The lowest BCUT2D eigenvalue weighted by Crippen LogP contribution is -2.40. The maximum Gasteiger partial charge on any atom is 0.0710 e. The smallest absolute Gasteiger partial charge is 0.0710 e. The largest absolute Gasteiger partial charge is 0.380 e. The number of hydrogen-bond donors (Lipinski definition) is 1. The van der Waals surface area contributed by atoms with Gasteiger partial charge in [0.15, 0.2) is 0 Å². The van der Waals surface area contributed by atoms with Gasteiger partial charge in [-0.1, -0.05) is 13.8 Å². The van der Waals surface area contributed by atoms with Crippen LogP contribution in [0.4, 0.5) is 0 Å². The summed E-state index contributed by atoms with van der Waals surface area (Å²) in [5, 5.41) is 3.64. The molecule has 0 amide bonds. The highest BCUT2D eigenvalue weighted by Crippen LogP contribution is 2.24. The molecule has 1 N–H and O–H groups in total. The molecule has 0 bridgehead atoms. The molecule has 1 unspecified atom stereocenters. The quantitative estimate of drug-likeness (QED) is 0.742. The Morgan fingerprint density at radius 3 is 2.62 bits per heavy atom. The summed E-state index contributed by atoms with van der Waals surface area (Å²) < 4.78 is 5.41. The van der Waals surface area contributed by atoms with Crippen molar-refractivity contribution in [2.45, 2.75) is 45.3 Å². The average Bonchev–Trinajstić information content (AvgIpc) is 2.96. The summed E-state index contributed by atoms with van der Waals surface area (Å²) in [6, 6.07) is 0.824. The summed E-state index contributed by atoms with van der Waals surface area (Å²) >= 11 is 0. The summed E-state index contributed by atoms with van der Waals surface area (Å²) in [5.74, 6) is 0. The topological polar surface area (TPSA) is 24.5 Å². The molecule has 1 aliphatic heterocycles. The van der Waals surface area contributed by atoms with Gasteiger partial charge in [-0.25, -0.2) is 0 Å². The van der Waals surface area contributed by atoms with Gasteiger partial charge < -0.3 is 15.0 Å². The van der Waals surface area contributed by atoms with Gasteiger partial charge in [-0.15, -0.1) is 0 Å². The fourth-order valence-electron chi connectivity index (χ4n) is 2.50. The molecule has 2 rings (SSSR count). The maximum atomic E-state index is 5.41. The van der Waals surface area contributed by atoms with E-state index in [0.717, 1.165) is 19.1 Å². The second kappa shape index (κ2) is 5.03. The fourth-order valence-corrected chi connectivity index (χ4v) is 2.50. The Morgan fingerprint density at radius 2 is 2.06 bits per heavy atom. The molecule has 1 aliphatic carbocycles. The minimum Gasteiger partial charge on any atom is -0.380 e. The van der Waals surface area contributed by atoms with E-state index in [2.05, 4.69) is 24.1 Å². The van der Waals surface area contributed by atoms with Crippen molar-refractivity contribution in [3.8, 4) is 0 Å². The summed E-state index contributed by atoms with van der Waals surface area (Å²) in [6.45, 7) is 9.37. The predicted molar refractivity (Wildman–Crippen MR) is 66.7 cm³/mol. The third kappa shape index (κ3) is 3.72. The van der Waals surface area contributed by atoms with Crippen LogP contribution in [0.15, 0.2) is 0 Å². The lowest BCUT2D eigenvalue weighted by atomic mass is 9.92. The molecule has 0 aromatic rings. The zero-order chi connectivity index (χ0) is 11.6. The molecule has 0 aromatic heterocycles. The van der Waals surface area contributed by atoms with Gasteiger partial charge >= 0.3 is 0 Å².